The molecular formula is C17H15BrN2O2. The third-order valence-corrected chi connectivity index (χ3v) is 3.89. The van der Waals surface area contributed by atoms with Crippen molar-refractivity contribution in [3.63, 3.8) is 0 Å². The van der Waals surface area contributed by atoms with E-state index in [0.717, 1.165) is 21.1 Å². The molecule has 2 aromatic carbocycles. The Morgan fingerprint density at radius 1 is 1.23 bits per heavy atom. The first-order valence-electron chi connectivity index (χ1n) is 6.84. The standard InChI is InChI=1S/C17H15BrN2O2/c1-22-15-4-2-3-14(10-15)19-17(21)11-20-8-7-12-9-13(18)5-6-16(12)20/h2-10H,11H2,1H3,(H,19,21). The van der Waals surface area contributed by atoms with Crippen molar-refractivity contribution in [3.8, 4) is 5.75 Å². The summed E-state index contributed by atoms with van der Waals surface area (Å²) in [6.07, 6.45) is 1.92. The van der Waals surface area contributed by atoms with E-state index in [4.69, 9.17) is 4.74 Å². The summed E-state index contributed by atoms with van der Waals surface area (Å²) in [7, 11) is 1.60. The first-order valence-corrected chi connectivity index (χ1v) is 7.63. The zero-order valence-corrected chi connectivity index (χ0v) is 13.6. The minimum absolute atomic E-state index is 0.0753. The van der Waals surface area contributed by atoms with Crippen LogP contribution >= 0.6 is 15.9 Å². The number of carbonyl (C=O) groups is 1. The van der Waals surface area contributed by atoms with Crippen LogP contribution in [0.25, 0.3) is 10.9 Å². The van der Waals surface area contributed by atoms with E-state index in [0.29, 0.717) is 5.75 Å². The van der Waals surface area contributed by atoms with Crippen LogP contribution in [0.3, 0.4) is 0 Å². The average molecular weight is 359 g/mol. The maximum absolute atomic E-state index is 12.2. The summed E-state index contributed by atoms with van der Waals surface area (Å²) in [5, 5.41) is 3.98. The van der Waals surface area contributed by atoms with Gasteiger partial charge >= 0.3 is 0 Å². The highest BCUT2D eigenvalue weighted by Gasteiger charge is 2.07. The van der Waals surface area contributed by atoms with Gasteiger partial charge in [0.1, 0.15) is 12.3 Å². The van der Waals surface area contributed by atoms with Gasteiger partial charge in [-0.3, -0.25) is 4.79 Å². The van der Waals surface area contributed by atoms with E-state index in [1.807, 2.05) is 53.2 Å². The van der Waals surface area contributed by atoms with Crippen LogP contribution in [-0.4, -0.2) is 17.6 Å². The van der Waals surface area contributed by atoms with Gasteiger partial charge in [-0.25, -0.2) is 0 Å². The highest BCUT2D eigenvalue weighted by molar-refractivity contribution is 9.10. The maximum Gasteiger partial charge on any atom is 0.244 e. The monoisotopic (exact) mass is 358 g/mol. The summed E-state index contributed by atoms with van der Waals surface area (Å²) in [4.78, 5) is 12.2. The lowest BCUT2D eigenvalue weighted by molar-refractivity contribution is -0.116. The number of methoxy groups -OCH3 is 1. The summed E-state index contributed by atoms with van der Waals surface area (Å²) in [5.41, 5.74) is 1.76. The molecule has 4 nitrogen and oxygen atoms in total. The largest absolute Gasteiger partial charge is 0.497 e. The second kappa shape index (κ2) is 6.23. The molecule has 112 valence electrons. The predicted molar refractivity (Wildman–Crippen MR) is 91.3 cm³/mol. The first kappa shape index (κ1) is 14.7. The van der Waals surface area contributed by atoms with Crippen molar-refractivity contribution in [2.75, 3.05) is 12.4 Å². The maximum atomic E-state index is 12.2. The Balaban J connectivity index is 1.75. The SMILES string of the molecule is COc1cccc(NC(=O)Cn2ccc3cc(Br)ccc32)c1. The molecule has 0 unspecified atom stereocenters. The number of nitrogens with one attached hydrogen (secondary N) is 1. The van der Waals surface area contributed by atoms with Crippen molar-refractivity contribution in [1.82, 2.24) is 4.57 Å². The van der Waals surface area contributed by atoms with Gasteiger partial charge in [-0.1, -0.05) is 22.0 Å². The number of benzene rings is 2. The minimum atomic E-state index is -0.0753. The number of nitrogens with zero attached hydrogens (tertiary/aromatic N) is 1. The van der Waals surface area contributed by atoms with Gasteiger partial charge in [0.05, 0.1) is 7.11 Å². The molecule has 1 heterocycles. The van der Waals surface area contributed by atoms with Crippen molar-refractivity contribution in [1.29, 1.82) is 0 Å². The molecule has 0 aliphatic heterocycles. The number of aromatic nitrogens is 1. The van der Waals surface area contributed by atoms with Gasteiger partial charge in [0.2, 0.25) is 5.91 Å². The lowest BCUT2D eigenvalue weighted by atomic mass is 10.2. The van der Waals surface area contributed by atoms with E-state index in [2.05, 4.69) is 21.2 Å². The van der Waals surface area contributed by atoms with Gasteiger partial charge in [-0.2, -0.15) is 0 Å². The van der Waals surface area contributed by atoms with Crippen LogP contribution in [0, 0.1) is 0 Å². The Morgan fingerprint density at radius 3 is 2.91 bits per heavy atom. The van der Waals surface area contributed by atoms with Crippen LogP contribution in [0.1, 0.15) is 0 Å². The summed E-state index contributed by atoms with van der Waals surface area (Å²) in [6.45, 7) is 0.266. The lowest BCUT2D eigenvalue weighted by Crippen LogP contribution is -2.18. The zero-order valence-electron chi connectivity index (χ0n) is 12.0. The second-order valence-electron chi connectivity index (χ2n) is 4.93. The van der Waals surface area contributed by atoms with E-state index >= 15 is 0 Å². The van der Waals surface area contributed by atoms with Gasteiger partial charge in [0.25, 0.3) is 0 Å². The van der Waals surface area contributed by atoms with Crippen LogP contribution in [0.2, 0.25) is 0 Å². The number of amides is 1. The van der Waals surface area contributed by atoms with Crippen molar-refractivity contribution < 1.29 is 9.53 Å². The van der Waals surface area contributed by atoms with E-state index in [1.165, 1.54) is 0 Å². The van der Waals surface area contributed by atoms with Gasteiger partial charge in [0, 0.05) is 33.3 Å². The molecule has 0 bridgehead atoms. The van der Waals surface area contributed by atoms with Crippen molar-refractivity contribution in [2.24, 2.45) is 0 Å². The fourth-order valence-electron chi connectivity index (χ4n) is 2.36. The molecule has 22 heavy (non-hydrogen) atoms. The molecule has 0 radical (unpaired) electrons. The fraction of sp³-hybridized carbons (Fsp3) is 0.118. The number of rotatable bonds is 4. The number of hydrogen-bond donors (Lipinski definition) is 1. The lowest BCUT2D eigenvalue weighted by Gasteiger charge is -2.08. The van der Waals surface area contributed by atoms with Crippen LogP contribution in [0.4, 0.5) is 5.69 Å². The molecular weight excluding hydrogens is 344 g/mol. The summed E-state index contributed by atoms with van der Waals surface area (Å²) >= 11 is 3.45. The van der Waals surface area contributed by atoms with Crippen LogP contribution in [0.5, 0.6) is 5.75 Å². The smallest absolute Gasteiger partial charge is 0.244 e. The highest BCUT2D eigenvalue weighted by atomic mass is 79.9. The quantitative estimate of drug-likeness (QED) is 0.764. The normalized spacial score (nSPS) is 10.6. The molecule has 0 saturated carbocycles. The van der Waals surface area contributed by atoms with Gasteiger partial charge in [-0.15, -0.1) is 0 Å². The van der Waals surface area contributed by atoms with E-state index in [-0.39, 0.29) is 12.5 Å². The predicted octanol–water partition coefficient (Wildman–Crippen LogP) is 4.05. The summed E-state index contributed by atoms with van der Waals surface area (Å²) in [6, 6.07) is 15.3. The number of anilines is 1. The molecule has 0 atom stereocenters. The van der Waals surface area contributed by atoms with Crippen molar-refractivity contribution >= 4 is 38.4 Å². The van der Waals surface area contributed by atoms with E-state index < -0.39 is 0 Å². The second-order valence-corrected chi connectivity index (χ2v) is 5.84. The number of carbonyl (C=O) groups excluding carboxylic acids is 1. The van der Waals surface area contributed by atoms with Gasteiger partial charge in [-0.05, 0) is 36.4 Å². The molecule has 5 heteroatoms. The Kier molecular flexibility index (Phi) is 4.15. The Hall–Kier alpha value is -2.27. The summed E-state index contributed by atoms with van der Waals surface area (Å²) in [5.74, 6) is 0.641. The molecule has 3 rings (SSSR count). The number of fused-ring (bicyclic) bond motifs is 1. The fourth-order valence-corrected chi connectivity index (χ4v) is 2.74. The van der Waals surface area contributed by atoms with Crippen LogP contribution in [-0.2, 0) is 11.3 Å². The summed E-state index contributed by atoms with van der Waals surface area (Å²) < 4.78 is 8.10. The molecule has 0 spiro atoms. The number of ether oxygens (including phenoxy) is 1. The van der Waals surface area contributed by atoms with E-state index in [1.54, 1.807) is 13.2 Å². The minimum Gasteiger partial charge on any atom is -0.497 e. The topological polar surface area (TPSA) is 43.3 Å². The van der Waals surface area contributed by atoms with E-state index in [9.17, 15) is 4.79 Å². The van der Waals surface area contributed by atoms with Gasteiger partial charge < -0.3 is 14.6 Å². The average Bonchev–Trinajstić information content (AvgIpc) is 2.89. The molecule has 1 N–H and O–H groups in total. The molecule has 1 aromatic heterocycles. The third-order valence-electron chi connectivity index (χ3n) is 3.40. The van der Waals surface area contributed by atoms with Crippen LogP contribution < -0.4 is 10.1 Å². The number of hydrogen-bond acceptors (Lipinski definition) is 2. The number of halogens is 1. The van der Waals surface area contributed by atoms with Crippen LogP contribution in [0.15, 0.2) is 59.2 Å². The molecule has 1 amide bonds. The Morgan fingerprint density at radius 2 is 2.09 bits per heavy atom. The van der Waals surface area contributed by atoms with Crippen molar-refractivity contribution in [2.45, 2.75) is 6.54 Å². The molecule has 3 aromatic rings. The zero-order chi connectivity index (χ0) is 15.5. The molecule has 0 saturated heterocycles. The Labute approximate surface area is 136 Å². The first-order chi connectivity index (χ1) is 10.7. The molecule has 0 aliphatic carbocycles. The Bertz CT molecular complexity index is 826. The molecule has 0 fully saturated rings. The highest BCUT2D eigenvalue weighted by Crippen LogP contribution is 2.21. The third kappa shape index (κ3) is 3.14. The molecule has 0 aliphatic rings. The van der Waals surface area contributed by atoms with Gasteiger partial charge in [0.15, 0.2) is 0 Å². The van der Waals surface area contributed by atoms with Crippen molar-refractivity contribution in [3.05, 3.63) is 59.2 Å².